The number of ether oxygens (including phenoxy) is 1. The van der Waals surface area contributed by atoms with E-state index in [-0.39, 0.29) is 10.7 Å². The van der Waals surface area contributed by atoms with E-state index in [0.717, 1.165) is 21.2 Å². The van der Waals surface area contributed by atoms with E-state index in [1.165, 1.54) is 0 Å². The van der Waals surface area contributed by atoms with Crippen LogP contribution >= 0.6 is 11.6 Å². The lowest BCUT2D eigenvalue weighted by molar-refractivity contribution is -0.120. The first-order valence-corrected chi connectivity index (χ1v) is 12.2. The molecule has 0 fully saturated rings. The van der Waals surface area contributed by atoms with Gasteiger partial charge in [-0.2, -0.15) is 0 Å². The van der Waals surface area contributed by atoms with Gasteiger partial charge >= 0.3 is 5.97 Å². The predicted octanol–water partition coefficient (Wildman–Crippen LogP) is 6.62. The summed E-state index contributed by atoms with van der Waals surface area (Å²) in [6.07, 6.45) is 0. The summed E-state index contributed by atoms with van der Waals surface area (Å²) < 4.78 is 5.52. The minimum atomic E-state index is -0.602. The van der Waals surface area contributed by atoms with E-state index in [2.05, 4.69) is 19.2 Å². The van der Waals surface area contributed by atoms with Crippen molar-refractivity contribution in [2.75, 3.05) is 10.2 Å². The molecule has 0 bridgehead atoms. The highest BCUT2D eigenvalue weighted by molar-refractivity contribution is 6.53. The first kappa shape index (κ1) is 24.3. The number of carbonyl (C=O) groups is 3. The second kappa shape index (κ2) is 9.91. The highest BCUT2D eigenvalue weighted by Gasteiger charge is 2.39. The lowest BCUT2D eigenvalue weighted by atomic mass is 10.0. The maximum Gasteiger partial charge on any atom is 0.343 e. The topological polar surface area (TPSA) is 75.7 Å². The maximum atomic E-state index is 13.3. The van der Waals surface area contributed by atoms with Gasteiger partial charge in [-0.1, -0.05) is 74.0 Å². The first-order chi connectivity index (χ1) is 17.8. The Balaban J connectivity index is 1.33. The van der Waals surface area contributed by atoms with Crippen molar-refractivity contribution in [3.8, 4) is 5.75 Å². The van der Waals surface area contributed by atoms with Crippen molar-refractivity contribution in [1.82, 2.24) is 0 Å². The Morgan fingerprint density at radius 3 is 2.32 bits per heavy atom. The van der Waals surface area contributed by atoms with Gasteiger partial charge in [0.25, 0.3) is 11.8 Å². The SMILES string of the molecule is CC(C)c1cccc(OC(=O)c2ccc(NC3=C(Cl)C(=O)N(c4cccc5ccccc45)C3=O)cc2)c1. The molecule has 0 saturated heterocycles. The van der Waals surface area contributed by atoms with Crippen LogP contribution in [0.1, 0.15) is 35.7 Å². The molecule has 6 nitrogen and oxygen atoms in total. The van der Waals surface area contributed by atoms with Crippen LogP contribution < -0.4 is 15.0 Å². The monoisotopic (exact) mass is 510 g/mol. The second-order valence-corrected chi connectivity index (χ2v) is 9.33. The molecule has 0 spiro atoms. The molecule has 5 rings (SSSR count). The molecule has 0 radical (unpaired) electrons. The van der Waals surface area contributed by atoms with E-state index < -0.39 is 17.8 Å². The number of nitrogens with zero attached hydrogens (tertiary/aromatic N) is 1. The van der Waals surface area contributed by atoms with Gasteiger partial charge in [-0.3, -0.25) is 9.59 Å². The van der Waals surface area contributed by atoms with Crippen LogP contribution in [-0.4, -0.2) is 17.8 Å². The molecule has 0 aliphatic carbocycles. The number of esters is 1. The third-order valence-electron chi connectivity index (χ3n) is 6.16. The number of imide groups is 1. The van der Waals surface area contributed by atoms with Crippen LogP contribution in [0.25, 0.3) is 10.8 Å². The Kier molecular flexibility index (Phi) is 6.51. The summed E-state index contributed by atoms with van der Waals surface area (Å²) in [6, 6.07) is 26.7. The summed E-state index contributed by atoms with van der Waals surface area (Å²) in [7, 11) is 0. The summed E-state index contributed by atoms with van der Waals surface area (Å²) in [5.41, 5.74) is 2.34. The molecule has 37 heavy (non-hydrogen) atoms. The average Bonchev–Trinajstić information content (AvgIpc) is 3.11. The molecule has 4 aromatic rings. The highest BCUT2D eigenvalue weighted by Crippen LogP contribution is 2.34. The van der Waals surface area contributed by atoms with Gasteiger partial charge in [-0.05, 0) is 59.3 Å². The summed E-state index contributed by atoms with van der Waals surface area (Å²) in [5.74, 6) is -0.876. The normalized spacial score (nSPS) is 13.6. The minimum absolute atomic E-state index is 0.0274. The molecule has 7 heteroatoms. The van der Waals surface area contributed by atoms with Gasteiger partial charge in [-0.25, -0.2) is 9.69 Å². The summed E-state index contributed by atoms with van der Waals surface area (Å²) in [4.78, 5) is 39.9. The lowest BCUT2D eigenvalue weighted by Crippen LogP contribution is -2.32. The Morgan fingerprint density at radius 1 is 0.865 bits per heavy atom. The highest BCUT2D eigenvalue weighted by atomic mass is 35.5. The van der Waals surface area contributed by atoms with Crippen LogP contribution in [0.5, 0.6) is 5.75 Å². The molecular weight excluding hydrogens is 488 g/mol. The van der Waals surface area contributed by atoms with Gasteiger partial charge < -0.3 is 10.1 Å². The van der Waals surface area contributed by atoms with Crippen molar-refractivity contribution in [3.63, 3.8) is 0 Å². The number of fused-ring (bicyclic) bond motifs is 1. The van der Waals surface area contributed by atoms with Crippen LogP contribution in [-0.2, 0) is 9.59 Å². The Hall–Kier alpha value is -4.42. The van der Waals surface area contributed by atoms with Gasteiger partial charge in [0.1, 0.15) is 16.5 Å². The van der Waals surface area contributed by atoms with Crippen molar-refractivity contribution in [3.05, 3.63) is 113 Å². The second-order valence-electron chi connectivity index (χ2n) is 8.95. The molecule has 0 saturated carbocycles. The summed E-state index contributed by atoms with van der Waals surface area (Å²) >= 11 is 6.31. The fourth-order valence-electron chi connectivity index (χ4n) is 4.17. The molecule has 1 aliphatic heterocycles. The first-order valence-electron chi connectivity index (χ1n) is 11.8. The van der Waals surface area contributed by atoms with E-state index >= 15 is 0 Å². The Labute approximate surface area is 219 Å². The van der Waals surface area contributed by atoms with Crippen molar-refractivity contribution in [1.29, 1.82) is 0 Å². The van der Waals surface area contributed by atoms with Crippen LogP contribution in [0.15, 0.2) is 102 Å². The van der Waals surface area contributed by atoms with E-state index in [0.29, 0.717) is 28.6 Å². The van der Waals surface area contributed by atoms with Gasteiger partial charge in [-0.15, -0.1) is 0 Å². The van der Waals surface area contributed by atoms with Crippen molar-refractivity contribution in [2.45, 2.75) is 19.8 Å². The number of hydrogen-bond donors (Lipinski definition) is 1. The van der Waals surface area contributed by atoms with E-state index in [1.807, 2.05) is 48.5 Å². The molecule has 4 aromatic carbocycles. The molecule has 2 amide bonds. The van der Waals surface area contributed by atoms with Crippen LogP contribution in [0, 0.1) is 0 Å². The molecule has 0 atom stereocenters. The number of amides is 2. The van der Waals surface area contributed by atoms with Crippen molar-refractivity contribution >= 4 is 51.5 Å². The molecule has 1 heterocycles. The van der Waals surface area contributed by atoms with E-state index in [9.17, 15) is 14.4 Å². The minimum Gasteiger partial charge on any atom is -0.423 e. The van der Waals surface area contributed by atoms with Crippen molar-refractivity contribution in [2.24, 2.45) is 0 Å². The van der Waals surface area contributed by atoms with Gasteiger partial charge in [0.05, 0.1) is 11.3 Å². The molecule has 0 unspecified atom stereocenters. The summed E-state index contributed by atoms with van der Waals surface area (Å²) in [5, 5.41) is 4.40. The average molecular weight is 511 g/mol. The number of rotatable bonds is 6. The number of benzene rings is 4. The Bertz CT molecular complexity index is 1570. The molecule has 1 N–H and O–H groups in total. The summed E-state index contributed by atoms with van der Waals surface area (Å²) in [6.45, 7) is 4.14. The number of carbonyl (C=O) groups excluding carboxylic acids is 3. The number of nitrogens with one attached hydrogen (secondary N) is 1. The van der Waals surface area contributed by atoms with E-state index in [4.69, 9.17) is 16.3 Å². The Morgan fingerprint density at radius 2 is 1.57 bits per heavy atom. The molecule has 0 aromatic heterocycles. The number of hydrogen-bond acceptors (Lipinski definition) is 5. The lowest BCUT2D eigenvalue weighted by Gasteiger charge is -2.17. The predicted molar refractivity (Wildman–Crippen MR) is 145 cm³/mol. The smallest absolute Gasteiger partial charge is 0.343 e. The zero-order valence-electron chi connectivity index (χ0n) is 20.2. The zero-order valence-corrected chi connectivity index (χ0v) is 21.0. The van der Waals surface area contributed by atoms with Gasteiger partial charge in [0.15, 0.2) is 0 Å². The molecule has 1 aliphatic rings. The quantitative estimate of drug-likeness (QED) is 0.179. The molecule has 184 valence electrons. The third-order valence-corrected chi connectivity index (χ3v) is 6.51. The fraction of sp³-hybridized carbons (Fsp3) is 0.100. The van der Waals surface area contributed by atoms with Gasteiger partial charge in [0.2, 0.25) is 0 Å². The molecular formula is C30H23ClN2O4. The van der Waals surface area contributed by atoms with Crippen LogP contribution in [0.3, 0.4) is 0 Å². The fourth-order valence-corrected chi connectivity index (χ4v) is 4.38. The van der Waals surface area contributed by atoms with Crippen molar-refractivity contribution < 1.29 is 19.1 Å². The maximum absolute atomic E-state index is 13.3. The zero-order chi connectivity index (χ0) is 26.1. The van der Waals surface area contributed by atoms with Crippen LogP contribution in [0.2, 0.25) is 0 Å². The van der Waals surface area contributed by atoms with E-state index in [1.54, 1.807) is 42.5 Å². The van der Waals surface area contributed by atoms with Crippen LogP contribution in [0.4, 0.5) is 11.4 Å². The number of anilines is 2. The largest absolute Gasteiger partial charge is 0.423 e. The standard InChI is InChI=1S/C30H23ClN2O4/c1-18(2)21-9-5-10-23(17-21)37-30(36)20-13-15-22(16-14-20)32-27-26(31)28(34)33(29(27)35)25-12-6-8-19-7-3-4-11-24(19)25/h3-18,32H,1-2H3. The number of halogens is 1. The third kappa shape index (κ3) is 4.71. The van der Waals surface area contributed by atoms with Gasteiger partial charge in [0, 0.05) is 11.1 Å².